The largest absolute Gasteiger partial charge is 0.375 e. The number of anilines is 1. The number of nitrogens with two attached hydrogens (primary N) is 1. The summed E-state index contributed by atoms with van der Waals surface area (Å²) in [6.07, 6.45) is 1.49. The van der Waals surface area contributed by atoms with Gasteiger partial charge in [0.25, 0.3) is 0 Å². The predicted molar refractivity (Wildman–Crippen MR) is 108 cm³/mol. The lowest BCUT2D eigenvalue weighted by Crippen LogP contribution is -2.46. The van der Waals surface area contributed by atoms with Crippen molar-refractivity contribution in [3.05, 3.63) is 65.5 Å². The van der Waals surface area contributed by atoms with E-state index in [0.29, 0.717) is 11.3 Å². The molecule has 1 aliphatic heterocycles. The molecule has 2 aromatic rings. The lowest BCUT2D eigenvalue weighted by Gasteiger charge is -2.36. The fourth-order valence-electron chi connectivity index (χ4n) is 3.02. The summed E-state index contributed by atoms with van der Waals surface area (Å²) in [7, 11) is 0. The first-order valence-electron chi connectivity index (χ1n) is 8.51. The number of hydrogen-bond donors (Lipinski definition) is 2. The second-order valence-electron chi connectivity index (χ2n) is 6.19. The third-order valence-corrected chi connectivity index (χ3v) is 4.41. The number of nitrogens with one attached hydrogen (secondary N) is 1. The summed E-state index contributed by atoms with van der Waals surface area (Å²) in [6, 6.07) is 15.5. The van der Waals surface area contributed by atoms with E-state index in [0.717, 1.165) is 32.7 Å². The number of hydrogen-bond acceptors (Lipinski definition) is 4. The normalized spacial score (nSPS) is 15.3. The molecule has 3 rings (SSSR count). The van der Waals surface area contributed by atoms with Crippen LogP contribution in [0.25, 0.3) is 0 Å². The molecule has 136 valence electrons. The van der Waals surface area contributed by atoms with Crippen LogP contribution in [0.1, 0.15) is 11.1 Å². The minimum Gasteiger partial charge on any atom is -0.375 e. The molecule has 7 heteroatoms. The molecule has 0 aliphatic carbocycles. The average Bonchev–Trinajstić information content (AvgIpc) is 2.63. The molecule has 1 aliphatic rings. The fraction of sp³-hybridized carbons (Fsp3) is 0.263. The lowest BCUT2D eigenvalue weighted by atomic mass is 10.1. The van der Waals surface area contributed by atoms with E-state index in [9.17, 15) is 4.39 Å². The van der Waals surface area contributed by atoms with Gasteiger partial charge in [-0.3, -0.25) is 10.3 Å². The molecular formula is C19H22FN5S. The van der Waals surface area contributed by atoms with E-state index in [1.165, 1.54) is 17.8 Å². The lowest BCUT2D eigenvalue weighted by molar-refractivity contribution is 0.249. The minimum absolute atomic E-state index is 0.0757. The van der Waals surface area contributed by atoms with Gasteiger partial charge in [0.2, 0.25) is 0 Å². The van der Waals surface area contributed by atoms with Crippen LogP contribution >= 0.6 is 12.2 Å². The zero-order valence-corrected chi connectivity index (χ0v) is 15.3. The highest BCUT2D eigenvalue weighted by Crippen LogP contribution is 2.22. The Morgan fingerprint density at radius 2 is 1.88 bits per heavy atom. The number of rotatable bonds is 5. The summed E-state index contributed by atoms with van der Waals surface area (Å²) in [5.74, 6) is -0.249. The van der Waals surface area contributed by atoms with Crippen LogP contribution in [-0.4, -0.2) is 42.4 Å². The summed E-state index contributed by atoms with van der Waals surface area (Å²) in [6.45, 7) is 4.37. The van der Waals surface area contributed by atoms with Crippen molar-refractivity contribution in [3.8, 4) is 0 Å². The van der Waals surface area contributed by atoms with E-state index in [-0.39, 0.29) is 10.9 Å². The van der Waals surface area contributed by atoms with Gasteiger partial charge in [-0.15, -0.1) is 0 Å². The topological polar surface area (TPSA) is 56.9 Å². The average molecular weight is 371 g/mol. The van der Waals surface area contributed by atoms with Gasteiger partial charge >= 0.3 is 0 Å². The summed E-state index contributed by atoms with van der Waals surface area (Å²) >= 11 is 4.66. The Morgan fingerprint density at radius 3 is 2.54 bits per heavy atom. The third kappa shape index (κ3) is 5.00. The highest BCUT2D eigenvalue weighted by Gasteiger charge is 2.19. The number of nitrogens with zero attached hydrogens (tertiary/aromatic N) is 3. The zero-order valence-electron chi connectivity index (χ0n) is 14.4. The molecule has 0 aromatic heterocycles. The smallest absolute Gasteiger partial charge is 0.184 e. The van der Waals surface area contributed by atoms with Crippen molar-refractivity contribution < 1.29 is 4.39 Å². The van der Waals surface area contributed by atoms with Gasteiger partial charge in [0.15, 0.2) is 5.11 Å². The van der Waals surface area contributed by atoms with Crippen LogP contribution in [0.3, 0.4) is 0 Å². The van der Waals surface area contributed by atoms with Crippen molar-refractivity contribution in [2.45, 2.75) is 6.54 Å². The molecule has 2 aromatic carbocycles. The molecule has 26 heavy (non-hydrogen) atoms. The van der Waals surface area contributed by atoms with E-state index >= 15 is 0 Å². The maximum Gasteiger partial charge on any atom is 0.184 e. The molecule has 1 fully saturated rings. The highest BCUT2D eigenvalue weighted by molar-refractivity contribution is 7.80. The van der Waals surface area contributed by atoms with Crippen LogP contribution in [0.15, 0.2) is 53.6 Å². The predicted octanol–water partition coefficient (Wildman–Crippen LogP) is 2.32. The highest BCUT2D eigenvalue weighted by atomic mass is 32.1. The maximum absolute atomic E-state index is 14.5. The molecule has 0 amide bonds. The first-order chi connectivity index (χ1) is 12.6. The monoisotopic (exact) mass is 371 g/mol. The number of benzene rings is 2. The molecule has 5 nitrogen and oxygen atoms in total. The van der Waals surface area contributed by atoms with Crippen molar-refractivity contribution in [2.75, 3.05) is 31.1 Å². The van der Waals surface area contributed by atoms with Crippen LogP contribution < -0.4 is 16.1 Å². The Labute approximate surface area is 158 Å². The van der Waals surface area contributed by atoms with Crippen LogP contribution in [0.4, 0.5) is 10.1 Å². The van der Waals surface area contributed by atoms with Crippen molar-refractivity contribution in [2.24, 2.45) is 10.8 Å². The maximum atomic E-state index is 14.5. The van der Waals surface area contributed by atoms with Crippen LogP contribution in [0, 0.1) is 5.82 Å². The van der Waals surface area contributed by atoms with Crippen molar-refractivity contribution in [3.63, 3.8) is 0 Å². The summed E-state index contributed by atoms with van der Waals surface area (Å²) in [5, 5.41) is 3.92. The molecule has 0 atom stereocenters. The first-order valence-corrected chi connectivity index (χ1v) is 8.92. The number of thiocarbonyl (C=S) groups is 1. The zero-order chi connectivity index (χ0) is 18.4. The van der Waals surface area contributed by atoms with Crippen LogP contribution in [-0.2, 0) is 6.54 Å². The van der Waals surface area contributed by atoms with Crippen LogP contribution in [0.2, 0.25) is 0 Å². The first kappa shape index (κ1) is 18.3. The van der Waals surface area contributed by atoms with Gasteiger partial charge in [0.1, 0.15) is 5.82 Å². The van der Waals surface area contributed by atoms with Crippen molar-refractivity contribution in [1.29, 1.82) is 0 Å². The molecular weight excluding hydrogens is 349 g/mol. The molecule has 3 N–H and O–H groups in total. The van der Waals surface area contributed by atoms with E-state index in [2.05, 4.69) is 56.8 Å². The summed E-state index contributed by atoms with van der Waals surface area (Å²) in [5.41, 5.74) is 10.3. The Balaban J connectivity index is 1.57. The van der Waals surface area contributed by atoms with Gasteiger partial charge in [-0.25, -0.2) is 4.39 Å². The number of hydrazone groups is 1. The van der Waals surface area contributed by atoms with Gasteiger partial charge in [-0.2, -0.15) is 5.10 Å². The summed E-state index contributed by atoms with van der Waals surface area (Å²) in [4.78, 5) is 4.48. The van der Waals surface area contributed by atoms with Gasteiger partial charge < -0.3 is 10.6 Å². The second-order valence-corrected chi connectivity index (χ2v) is 6.63. The molecule has 0 unspecified atom stereocenters. The van der Waals surface area contributed by atoms with E-state index in [1.54, 1.807) is 6.07 Å². The van der Waals surface area contributed by atoms with Gasteiger partial charge in [0.05, 0.1) is 11.9 Å². The van der Waals surface area contributed by atoms with Gasteiger partial charge in [0, 0.05) is 32.7 Å². The molecule has 0 spiro atoms. The van der Waals surface area contributed by atoms with Crippen molar-refractivity contribution >= 4 is 29.2 Å². The number of piperazine rings is 1. The Morgan fingerprint density at radius 1 is 1.15 bits per heavy atom. The molecule has 0 radical (unpaired) electrons. The molecule has 1 saturated heterocycles. The molecule has 0 saturated carbocycles. The fourth-order valence-corrected chi connectivity index (χ4v) is 3.07. The Kier molecular flexibility index (Phi) is 6.14. The van der Waals surface area contributed by atoms with Gasteiger partial charge in [-0.05, 0) is 35.5 Å². The Bertz CT molecular complexity index is 773. The Hall–Kier alpha value is -2.51. The SMILES string of the molecule is NC(=S)N/N=C/c1ccc(N2CCN(Cc3ccccc3)CC2)c(F)c1. The molecule has 0 bridgehead atoms. The second kappa shape index (κ2) is 8.73. The van der Waals surface area contributed by atoms with Crippen molar-refractivity contribution in [1.82, 2.24) is 10.3 Å². The van der Waals surface area contributed by atoms with Crippen LogP contribution in [0.5, 0.6) is 0 Å². The number of halogens is 1. The van der Waals surface area contributed by atoms with Gasteiger partial charge in [-0.1, -0.05) is 36.4 Å². The quantitative estimate of drug-likeness (QED) is 0.480. The summed E-state index contributed by atoms with van der Waals surface area (Å²) < 4.78 is 14.5. The molecule has 1 heterocycles. The standard InChI is InChI=1S/C19H22FN5S/c20-17-12-16(13-22-23-19(21)26)6-7-18(17)25-10-8-24(9-11-25)14-15-4-2-1-3-5-15/h1-7,12-13H,8-11,14H2,(H3,21,23,26)/b22-13+. The van der Waals surface area contributed by atoms with E-state index in [1.807, 2.05) is 12.1 Å². The van der Waals surface area contributed by atoms with E-state index < -0.39 is 0 Å². The van der Waals surface area contributed by atoms with E-state index in [4.69, 9.17) is 5.73 Å². The third-order valence-electron chi connectivity index (χ3n) is 4.32. The minimum atomic E-state index is -0.249.